The van der Waals surface area contributed by atoms with Gasteiger partial charge in [-0.15, -0.1) is 0 Å². The van der Waals surface area contributed by atoms with Gasteiger partial charge in [-0.1, -0.05) is 38.1 Å². The first-order valence-corrected chi connectivity index (χ1v) is 9.66. The molecule has 4 aromatic rings. The van der Waals surface area contributed by atoms with E-state index in [0.29, 0.717) is 23.0 Å². The van der Waals surface area contributed by atoms with Crippen molar-refractivity contribution in [2.45, 2.75) is 27.7 Å². The summed E-state index contributed by atoms with van der Waals surface area (Å²) in [6.45, 7) is 8.03. The molecule has 0 fully saturated rings. The third-order valence-electron chi connectivity index (χ3n) is 4.60. The molecule has 3 aromatic heterocycles. The van der Waals surface area contributed by atoms with Crippen LogP contribution in [0.1, 0.15) is 25.0 Å². The van der Waals surface area contributed by atoms with Gasteiger partial charge in [0.05, 0.1) is 0 Å². The van der Waals surface area contributed by atoms with Gasteiger partial charge in [-0.05, 0) is 48.7 Å². The van der Waals surface area contributed by atoms with Gasteiger partial charge in [0.25, 0.3) is 5.56 Å². The molecule has 1 N–H and O–H groups in total. The van der Waals surface area contributed by atoms with Gasteiger partial charge < -0.3 is 5.32 Å². The Kier molecular flexibility index (Phi) is 6.02. The second kappa shape index (κ2) is 8.65. The summed E-state index contributed by atoms with van der Waals surface area (Å²) < 4.78 is 1.57. The van der Waals surface area contributed by atoms with Crippen molar-refractivity contribution < 1.29 is 0 Å². The predicted octanol–water partition coefficient (Wildman–Crippen LogP) is 4.78. The third kappa shape index (κ3) is 4.01. The fraction of sp³-hybridized carbons (Fsp3) is 0.217. The zero-order chi connectivity index (χ0) is 21.0. The van der Waals surface area contributed by atoms with Crippen LogP contribution in [-0.2, 0) is 7.05 Å². The molecule has 0 spiro atoms. The van der Waals surface area contributed by atoms with Crippen LogP contribution in [0.2, 0.25) is 0 Å². The van der Waals surface area contributed by atoms with E-state index in [0.717, 1.165) is 22.1 Å². The lowest BCUT2D eigenvalue weighted by Crippen LogP contribution is -2.20. The molecule has 0 aliphatic carbocycles. The third-order valence-corrected chi connectivity index (χ3v) is 4.60. The monoisotopic (exact) mass is 387 g/mol. The van der Waals surface area contributed by atoms with E-state index in [9.17, 15) is 4.79 Å². The first-order valence-electron chi connectivity index (χ1n) is 9.66. The number of aryl methyl sites for hydroxylation is 3. The number of rotatable bonds is 3. The van der Waals surface area contributed by atoms with E-state index in [1.165, 1.54) is 0 Å². The van der Waals surface area contributed by atoms with Crippen LogP contribution in [0.5, 0.6) is 0 Å². The molecule has 6 heteroatoms. The lowest BCUT2D eigenvalue weighted by molar-refractivity contribution is 0.886. The van der Waals surface area contributed by atoms with Crippen molar-refractivity contribution in [3.05, 3.63) is 76.3 Å². The SMILES string of the molecule is CC.Cc1cccc(C)c1-c1cc2cnc(Nc3ccccn3)nc2n(C)c1=O. The van der Waals surface area contributed by atoms with E-state index in [1.54, 1.807) is 24.0 Å². The van der Waals surface area contributed by atoms with Crippen LogP contribution in [0.4, 0.5) is 11.8 Å². The molecule has 0 saturated carbocycles. The van der Waals surface area contributed by atoms with E-state index in [4.69, 9.17) is 0 Å². The molecule has 0 atom stereocenters. The maximum absolute atomic E-state index is 13.0. The van der Waals surface area contributed by atoms with Crippen molar-refractivity contribution in [2.24, 2.45) is 7.05 Å². The summed E-state index contributed by atoms with van der Waals surface area (Å²) in [5.74, 6) is 1.05. The Morgan fingerprint density at radius 3 is 2.34 bits per heavy atom. The summed E-state index contributed by atoms with van der Waals surface area (Å²) >= 11 is 0. The summed E-state index contributed by atoms with van der Waals surface area (Å²) in [5.41, 5.74) is 4.26. The zero-order valence-electron chi connectivity index (χ0n) is 17.4. The van der Waals surface area contributed by atoms with E-state index in [1.807, 2.05) is 70.2 Å². The molecule has 0 saturated heterocycles. The normalized spacial score (nSPS) is 10.4. The van der Waals surface area contributed by atoms with E-state index in [-0.39, 0.29) is 5.56 Å². The Bertz CT molecular complexity index is 1180. The molecule has 0 radical (unpaired) electrons. The van der Waals surface area contributed by atoms with Gasteiger partial charge in [-0.2, -0.15) is 4.98 Å². The number of hydrogen-bond donors (Lipinski definition) is 1. The Morgan fingerprint density at radius 2 is 1.69 bits per heavy atom. The largest absolute Gasteiger partial charge is 0.309 e. The summed E-state index contributed by atoms with van der Waals surface area (Å²) in [4.78, 5) is 26.1. The zero-order valence-corrected chi connectivity index (χ0v) is 17.4. The van der Waals surface area contributed by atoms with E-state index in [2.05, 4.69) is 20.3 Å². The van der Waals surface area contributed by atoms with Crippen molar-refractivity contribution in [1.29, 1.82) is 0 Å². The van der Waals surface area contributed by atoms with Gasteiger partial charge in [0.15, 0.2) is 0 Å². The summed E-state index contributed by atoms with van der Waals surface area (Å²) in [5, 5.41) is 3.87. The second-order valence-corrected chi connectivity index (χ2v) is 6.50. The molecule has 6 nitrogen and oxygen atoms in total. The van der Waals surface area contributed by atoms with Gasteiger partial charge in [-0.3, -0.25) is 9.36 Å². The minimum absolute atomic E-state index is 0.0811. The minimum atomic E-state index is -0.0811. The van der Waals surface area contributed by atoms with E-state index >= 15 is 0 Å². The van der Waals surface area contributed by atoms with Crippen LogP contribution >= 0.6 is 0 Å². The van der Waals surface area contributed by atoms with Crippen LogP contribution in [0.3, 0.4) is 0 Å². The molecule has 1 aromatic carbocycles. The lowest BCUT2D eigenvalue weighted by atomic mass is 9.96. The number of nitrogens with one attached hydrogen (secondary N) is 1. The van der Waals surface area contributed by atoms with Gasteiger partial charge in [0.2, 0.25) is 5.95 Å². The Balaban J connectivity index is 0.00000117. The van der Waals surface area contributed by atoms with Crippen LogP contribution in [-0.4, -0.2) is 19.5 Å². The maximum Gasteiger partial charge on any atom is 0.259 e. The number of nitrogens with zero attached hydrogens (tertiary/aromatic N) is 4. The molecular formula is C23H25N5O. The molecule has 0 bridgehead atoms. The van der Waals surface area contributed by atoms with Crippen LogP contribution in [0.15, 0.2) is 59.7 Å². The fourth-order valence-electron chi connectivity index (χ4n) is 3.28. The van der Waals surface area contributed by atoms with Gasteiger partial charge in [0, 0.05) is 30.4 Å². The maximum atomic E-state index is 13.0. The minimum Gasteiger partial charge on any atom is -0.309 e. The second-order valence-electron chi connectivity index (χ2n) is 6.50. The summed E-state index contributed by atoms with van der Waals surface area (Å²) in [7, 11) is 1.74. The molecule has 0 aliphatic rings. The molecule has 0 amide bonds. The number of anilines is 2. The summed E-state index contributed by atoms with van der Waals surface area (Å²) in [6.07, 6.45) is 3.42. The topological polar surface area (TPSA) is 72.7 Å². The van der Waals surface area contributed by atoms with Crippen molar-refractivity contribution in [2.75, 3.05) is 5.32 Å². The highest BCUT2D eigenvalue weighted by atomic mass is 16.1. The average Bonchev–Trinajstić information content (AvgIpc) is 2.74. The Morgan fingerprint density at radius 1 is 0.966 bits per heavy atom. The van der Waals surface area contributed by atoms with Crippen LogP contribution in [0.25, 0.3) is 22.2 Å². The molecule has 0 unspecified atom stereocenters. The molecule has 0 aliphatic heterocycles. The Labute approximate surface area is 170 Å². The van der Waals surface area contributed by atoms with Crippen molar-refractivity contribution in [1.82, 2.24) is 19.5 Å². The van der Waals surface area contributed by atoms with Crippen LogP contribution in [0, 0.1) is 13.8 Å². The first kappa shape index (κ1) is 20.2. The smallest absolute Gasteiger partial charge is 0.259 e. The number of benzene rings is 1. The lowest BCUT2D eigenvalue weighted by Gasteiger charge is -2.13. The standard InChI is InChI=1S/C21H19N5O.C2H6/c1-13-7-6-8-14(2)18(13)16-11-15-12-23-21(24-17-9-4-5-10-22-17)25-19(15)26(3)20(16)27;1-2/h4-12H,1-3H3,(H,22,23,24,25);1-2H3. The number of aromatic nitrogens is 4. The highest BCUT2D eigenvalue weighted by Crippen LogP contribution is 2.26. The predicted molar refractivity (Wildman–Crippen MR) is 119 cm³/mol. The summed E-state index contributed by atoms with van der Waals surface area (Å²) in [6, 6.07) is 13.4. The molecule has 29 heavy (non-hydrogen) atoms. The fourth-order valence-corrected chi connectivity index (χ4v) is 3.28. The molecule has 3 heterocycles. The van der Waals surface area contributed by atoms with Gasteiger partial charge >= 0.3 is 0 Å². The first-order chi connectivity index (χ1) is 14.0. The van der Waals surface area contributed by atoms with Gasteiger partial charge in [0.1, 0.15) is 11.5 Å². The molecule has 148 valence electrons. The quantitative estimate of drug-likeness (QED) is 0.548. The highest BCUT2D eigenvalue weighted by molar-refractivity contribution is 5.83. The van der Waals surface area contributed by atoms with E-state index < -0.39 is 0 Å². The van der Waals surface area contributed by atoms with Gasteiger partial charge in [-0.25, -0.2) is 9.97 Å². The number of pyridine rings is 2. The average molecular weight is 387 g/mol. The molecular weight excluding hydrogens is 362 g/mol. The Hall–Kier alpha value is -3.54. The van der Waals surface area contributed by atoms with Crippen molar-refractivity contribution >= 4 is 22.8 Å². The van der Waals surface area contributed by atoms with Crippen molar-refractivity contribution in [3.63, 3.8) is 0 Å². The number of fused-ring (bicyclic) bond motifs is 1. The van der Waals surface area contributed by atoms with Crippen molar-refractivity contribution in [3.8, 4) is 11.1 Å². The number of hydrogen-bond acceptors (Lipinski definition) is 5. The van der Waals surface area contributed by atoms with Crippen LogP contribution < -0.4 is 10.9 Å². The molecule has 4 rings (SSSR count). The highest BCUT2D eigenvalue weighted by Gasteiger charge is 2.14.